The van der Waals surface area contributed by atoms with Gasteiger partial charge in [0.25, 0.3) is 5.91 Å². The molecule has 0 fully saturated rings. The van der Waals surface area contributed by atoms with Crippen LogP contribution in [0.15, 0.2) is 48.7 Å². The molecule has 25 heavy (non-hydrogen) atoms. The van der Waals surface area contributed by atoms with Crippen LogP contribution < -0.4 is 10.6 Å². The van der Waals surface area contributed by atoms with Crippen molar-refractivity contribution >= 4 is 39.8 Å². The minimum absolute atomic E-state index is 0.0791. The van der Waals surface area contributed by atoms with Gasteiger partial charge in [0.1, 0.15) is 10.7 Å². The number of rotatable bonds is 5. The van der Waals surface area contributed by atoms with Gasteiger partial charge in [-0.25, -0.2) is 9.97 Å². The van der Waals surface area contributed by atoms with Crippen LogP contribution in [0.4, 0.5) is 10.9 Å². The van der Waals surface area contributed by atoms with E-state index in [-0.39, 0.29) is 11.9 Å². The number of pyridine rings is 1. The Morgan fingerprint density at radius 2 is 1.96 bits per heavy atom. The number of aryl methyl sites for hydroxylation is 1. The van der Waals surface area contributed by atoms with Gasteiger partial charge in [-0.15, -0.1) is 0 Å². The number of hydrogen-bond donors (Lipinski definition) is 2. The molecule has 0 saturated heterocycles. The van der Waals surface area contributed by atoms with Crippen LogP contribution in [-0.2, 0) is 0 Å². The summed E-state index contributed by atoms with van der Waals surface area (Å²) in [6, 6.07) is 13.3. The van der Waals surface area contributed by atoms with Crippen LogP contribution >= 0.6 is 22.9 Å². The summed E-state index contributed by atoms with van der Waals surface area (Å²) in [5.41, 5.74) is 1.74. The van der Waals surface area contributed by atoms with Gasteiger partial charge in [0.05, 0.1) is 16.8 Å². The van der Waals surface area contributed by atoms with Crippen LogP contribution in [0.3, 0.4) is 0 Å². The van der Waals surface area contributed by atoms with Gasteiger partial charge in [0.15, 0.2) is 5.13 Å². The molecule has 3 aromatic rings. The molecule has 7 heteroatoms. The Bertz CT molecular complexity index is 865. The second-order valence-electron chi connectivity index (χ2n) is 5.53. The summed E-state index contributed by atoms with van der Waals surface area (Å²) in [6.45, 7) is 3.78. The number of nitrogens with zero attached hydrogens (tertiary/aromatic N) is 2. The minimum atomic E-state index is -0.136. The van der Waals surface area contributed by atoms with Gasteiger partial charge in [0, 0.05) is 6.20 Å². The summed E-state index contributed by atoms with van der Waals surface area (Å²) >= 11 is 7.12. The van der Waals surface area contributed by atoms with Gasteiger partial charge in [-0.3, -0.25) is 4.79 Å². The van der Waals surface area contributed by atoms with Gasteiger partial charge in [-0.1, -0.05) is 53.3 Å². The van der Waals surface area contributed by atoms with Gasteiger partial charge in [0.2, 0.25) is 0 Å². The third-order valence-corrected chi connectivity index (χ3v) is 4.91. The molecule has 0 spiro atoms. The Morgan fingerprint density at radius 3 is 2.64 bits per heavy atom. The van der Waals surface area contributed by atoms with E-state index in [0.29, 0.717) is 26.5 Å². The molecule has 5 nitrogen and oxygen atoms in total. The second kappa shape index (κ2) is 7.63. The van der Waals surface area contributed by atoms with E-state index in [1.807, 2.05) is 44.2 Å². The molecule has 128 valence electrons. The highest BCUT2D eigenvalue weighted by atomic mass is 35.5. The van der Waals surface area contributed by atoms with Crippen molar-refractivity contribution in [2.24, 2.45) is 0 Å². The second-order valence-corrected chi connectivity index (χ2v) is 6.96. The van der Waals surface area contributed by atoms with Crippen LogP contribution in [-0.4, -0.2) is 15.9 Å². The highest BCUT2D eigenvalue weighted by Crippen LogP contribution is 2.26. The van der Waals surface area contributed by atoms with E-state index in [4.69, 9.17) is 11.6 Å². The number of thiazole rings is 1. The maximum absolute atomic E-state index is 12.6. The van der Waals surface area contributed by atoms with Crippen LogP contribution in [0.2, 0.25) is 5.02 Å². The van der Waals surface area contributed by atoms with Gasteiger partial charge < -0.3 is 10.6 Å². The number of carbonyl (C=O) groups is 1. The van der Waals surface area contributed by atoms with Crippen molar-refractivity contribution in [3.05, 3.63) is 69.8 Å². The molecule has 0 aliphatic carbocycles. The molecule has 0 bridgehead atoms. The average Bonchev–Trinajstić information content (AvgIpc) is 2.98. The molecule has 2 heterocycles. The van der Waals surface area contributed by atoms with E-state index in [0.717, 1.165) is 5.56 Å². The smallest absolute Gasteiger partial charge is 0.263 e. The normalized spacial score (nSPS) is 11.8. The van der Waals surface area contributed by atoms with Crippen molar-refractivity contribution in [3.8, 4) is 0 Å². The lowest BCUT2D eigenvalue weighted by atomic mass is 10.1. The first-order valence-electron chi connectivity index (χ1n) is 7.75. The molecule has 1 amide bonds. The van der Waals surface area contributed by atoms with Crippen LogP contribution in [0.5, 0.6) is 0 Å². The number of hydrogen-bond acceptors (Lipinski definition) is 5. The third kappa shape index (κ3) is 4.35. The Hall–Kier alpha value is -2.44. The molecule has 0 aliphatic heterocycles. The van der Waals surface area contributed by atoms with E-state index < -0.39 is 0 Å². The fraction of sp³-hybridized carbons (Fsp3) is 0.167. The van der Waals surface area contributed by atoms with Crippen molar-refractivity contribution in [1.82, 2.24) is 15.3 Å². The number of halogens is 1. The molecule has 2 N–H and O–H groups in total. The zero-order chi connectivity index (χ0) is 17.8. The lowest BCUT2D eigenvalue weighted by Crippen LogP contribution is -2.26. The Labute approximate surface area is 155 Å². The minimum Gasteiger partial charge on any atom is -0.345 e. The summed E-state index contributed by atoms with van der Waals surface area (Å²) in [7, 11) is 0. The lowest BCUT2D eigenvalue weighted by molar-refractivity contribution is 0.0943. The summed E-state index contributed by atoms with van der Waals surface area (Å²) in [4.78, 5) is 21.7. The maximum Gasteiger partial charge on any atom is 0.263 e. The first-order chi connectivity index (χ1) is 12.0. The van der Waals surface area contributed by atoms with Gasteiger partial charge in [-0.05, 0) is 31.5 Å². The number of nitrogens with one attached hydrogen (secondary N) is 2. The highest BCUT2D eigenvalue weighted by molar-refractivity contribution is 7.17. The summed E-state index contributed by atoms with van der Waals surface area (Å²) in [5.74, 6) is 0.492. The molecule has 1 aromatic carbocycles. The standard InChI is InChI=1S/C18H17ClN4OS/c1-11(13-6-4-3-5-7-13)21-17(24)16-12(2)22-18(25-16)23-15-9-8-14(19)10-20-15/h3-11H,1-2H3,(H,21,24)(H,20,22,23). The highest BCUT2D eigenvalue weighted by Gasteiger charge is 2.18. The predicted octanol–water partition coefficient (Wildman–Crippen LogP) is 4.73. The summed E-state index contributed by atoms with van der Waals surface area (Å²) in [6.07, 6.45) is 1.56. The zero-order valence-corrected chi connectivity index (χ0v) is 15.4. The third-order valence-electron chi connectivity index (χ3n) is 3.61. The fourth-order valence-corrected chi connectivity index (χ4v) is 3.30. The SMILES string of the molecule is Cc1nc(Nc2ccc(Cl)cn2)sc1C(=O)NC(C)c1ccccc1. The molecule has 1 unspecified atom stereocenters. The number of aromatic nitrogens is 2. The molecular weight excluding hydrogens is 356 g/mol. The first-order valence-corrected chi connectivity index (χ1v) is 8.94. The van der Waals surface area contributed by atoms with E-state index in [9.17, 15) is 4.79 Å². The number of amides is 1. The predicted molar refractivity (Wildman–Crippen MR) is 102 cm³/mol. The molecule has 3 rings (SSSR count). The molecule has 1 atom stereocenters. The fourth-order valence-electron chi connectivity index (χ4n) is 2.31. The van der Waals surface area contributed by atoms with Crippen molar-refractivity contribution in [1.29, 1.82) is 0 Å². The van der Waals surface area contributed by atoms with E-state index in [2.05, 4.69) is 20.6 Å². The quantitative estimate of drug-likeness (QED) is 0.679. The van der Waals surface area contributed by atoms with Gasteiger partial charge >= 0.3 is 0 Å². The number of benzene rings is 1. The molecule has 0 aliphatic rings. The van der Waals surface area contributed by atoms with E-state index in [1.54, 1.807) is 18.3 Å². The lowest BCUT2D eigenvalue weighted by Gasteiger charge is -2.13. The van der Waals surface area contributed by atoms with Gasteiger partial charge in [-0.2, -0.15) is 0 Å². The first kappa shape index (κ1) is 17.4. The molecular formula is C18H17ClN4OS. The van der Waals surface area contributed by atoms with Crippen molar-refractivity contribution in [2.45, 2.75) is 19.9 Å². The van der Waals surface area contributed by atoms with E-state index >= 15 is 0 Å². The topological polar surface area (TPSA) is 66.9 Å². The van der Waals surface area contributed by atoms with Crippen LogP contribution in [0.25, 0.3) is 0 Å². The maximum atomic E-state index is 12.6. The number of anilines is 2. The monoisotopic (exact) mass is 372 g/mol. The van der Waals surface area contributed by atoms with Crippen molar-refractivity contribution in [3.63, 3.8) is 0 Å². The Kier molecular flexibility index (Phi) is 5.31. The molecule has 0 saturated carbocycles. The summed E-state index contributed by atoms with van der Waals surface area (Å²) in [5, 5.41) is 7.28. The molecule has 0 radical (unpaired) electrons. The Morgan fingerprint density at radius 1 is 1.20 bits per heavy atom. The van der Waals surface area contributed by atoms with E-state index in [1.165, 1.54) is 11.3 Å². The van der Waals surface area contributed by atoms with Crippen molar-refractivity contribution < 1.29 is 4.79 Å². The molecule has 2 aromatic heterocycles. The summed E-state index contributed by atoms with van der Waals surface area (Å²) < 4.78 is 0. The average molecular weight is 373 g/mol. The zero-order valence-electron chi connectivity index (χ0n) is 13.8. The largest absolute Gasteiger partial charge is 0.345 e. The van der Waals surface area contributed by atoms with Crippen molar-refractivity contribution in [2.75, 3.05) is 5.32 Å². The van der Waals surface area contributed by atoms with Crippen LogP contribution in [0, 0.1) is 6.92 Å². The Balaban J connectivity index is 1.71. The number of carbonyl (C=O) groups excluding carboxylic acids is 1. The van der Waals surface area contributed by atoms with Crippen LogP contribution in [0.1, 0.15) is 33.9 Å².